The predicted octanol–water partition coefficient (Wildman–Crippen LogP) is 3.78. The molecule has 0 unspecified atom stereocenters. The molecule has 1 saturated carbocycles. The van der Waals surface area contributed by atoms with Crippen molar-refractivity contribution in [2.45, 2.75) is 50.0 Å². The minimum Gasteiger partial charge on any atom is -0.477 e. The summed E-state index contributed by atoms with van der Waals surface area (Å²) in [7, 11) is 0. The molecule has 4 atom stereocenters. The van der Waals surface area contributed by atoms with E-state index in [0.717, 1.165) is 19.0 Å². The molecule has 0 radical (unpaired) electrons. The quantitative estimate of drug-likeness (QED) is 0.490. The highest BCUT2D eigenvalue weighted by molar-refractivity contribution is 5.94. The molecule has 3 N–H and O–H groups in total. The molecule has 0 bridgehead atoms. The highest BCUT2D eigenvalue weighted by Gasteiger charge is 2.37. The van der Waals surface area contributed by atoms with Crippen molar-refractivity contribution in [1.29, 1.82) is 0 Å². The zero-order chi connectivity index (χ0) is 22.4. The number of carboxylic acid groups (broad SMARTS) is 1. The Morgan fingerprint density at radius 3 is 2.66 bits per heavy atom. The first-order chi connectivity index (χ1) is 15.4. The summed E-state index contributed by atoms with van der Waals surface area (Å²) in [6.07, 6.45) is 4.93. The van der Waals surface area contributed by atoms with E-state index in [9.17, 15) is 18.7 Å². The van der Waals surface area contributed by atoms with Gasteiger partial charge in [0.1, 0.15) is 29.5 Å². The van der Waals surface area contributed by atoms with Crippen LogP contribution in [0.2, 0.25) is 0 Å². The first-order valence-corrected chi connectivity index (χ1v) is 10.4. The lowest BCUT2D eigenvalue weighted by atomic mass is 10.1. The molecule has 3 aromatic rings. The third kappa shape index (κ3) is 5.69. The normalized spacial score (nSPS) is 23.3. The van der Waals surface area contributed by atoms with Crippen molar-refractivity contribution in [3.63, 3.8) is 0 Å². The van der Waals surface area contributed by atoms with Gasteiger partial charge >= 0.3 is 5.97 Å². The predicted molar refractivity (Wildman–Crippen MR) is 132 cm³/mol. The van der Waals surface area contributed by atoms with Crippen LogP contribution in [0.5, 0.6) is 5.88 Å². The molecular formula is C21H25Cl3F2N6O3. The zero-order valence-corrected chi connectivity index (χ0v) is 20.7. The standard InChI is InChI=1S/C21H22F2N6O3.3ClH/c22-11-5-15(20(25-8-11)32-14-2-1-13(24)7-14)17-6-12(23)10-28(17)18-3-4-29-19(27-18)16(9-26-29)21(30)31;;;/h3-5,8-9,12-14,17H,1-2,6-7,10,24H2,(H,30,31);3*1H/t12-,13-,14+,17+;;;/m0.../s1. The number of nitrogens with two attached hydrogens (primary N) is 1. The molecule has 0 spiro atoms. The van der Waals surface area contributed by atoms with Gasteiger partial charge in [-0.1, -0.05) is 0 Å². The molecule has 2 fully saturated rings. The highest BCUT2D eigenvalue weighted by Crippen LogP contribution is 2.41. The van der Waals surface area contributed by atoms with Crippen LogP contribution in [0.4, 0.5) is 14.6 Å². The summed E-state index contributed by atoms with van der Waals surface area (Å²) in [4.78, 5) is 21.7. The van der Waals surface area contributed by atoms with E-state index >= 15 is 0 Å². The van der Waals surface area contributed by atoms with Crippen molar-refractivity contribution in [3.05, 3.63) is 47.7 Å². The van der Waals surface area contributed by atoms with Crippen LogP contribution in [-0.4, -0.2) is 55.5 Å². The number of carbonyl (C=O) groups is 1. The Morgan fingerprint density at radius 1 is 1.20 bits per heavy atom. The lowest BCUT2D eigenvalue weighted by Crippen LogP contribution is -2.26. The summed E-state index contributed by atoms with van der Waals surface area (Å²) >= 11 is 0. The third-order valence-corrected chi connectivity index (χ3v) is 6.04. The van der Waals surface area contributed by atoms with E-state index in [1.54, 1.807) is 17.2 Å². The lowest BCUT2D eigenvalue weighted by molar-refractivity contribution is 0.0698. The molecule has 2 aliphatic rings. The number of halogens is 5. The van der Waals surface area contributed by atoms with E-state index in [1.165, 1.54) is 16.8 Å². The second-order valence-electron chi connectivity index (χ2n) is 8.28. The average Bonchev–Trinajstić information content (AvgIpc) is 3.47. The second kappa shape index (κ2) is 11.5. The van der Waals surface area contributed by atoms with Crippen LogP contribution in [0.3, 0.4) is 0 Å². The molecule has 1 aliphatic carbocycles. The first-order valence-electron chi connectivity index (χ1n) is 10.4. The summed E-state index contributed by atoms with van der Waals surface area (Å²) < 4.78 is 36.2. The number of hydrogen-bond acceptors (Lipinski definition) is 7. The van der Waals surface area contributed by atoms with E-state index in [2.05, 4.69) is 15.1 Å². The number of nitrogens with zero attached hydrogens (tertiary/aromatic N) is 5. The molecule has 192 valence electrons. The Kier molecular flexibility index (Phi) is 9.46. The summed E-state index contributed by atoms with van der Waals surface area (Å²) in [6, 6.07) is 2.41. The fourth-order valence-electron chi connectivity index (χ4n) is 4.52. The number of aromatic nitrogens is 4. The highest BCUT2D eigenvalue weighted by atomic mass is 35.5. The molecule has 9 nitrogen and oxygen atoms in total. The Balaban J connectivity index is 0.00000144. The van der Waals surface area contributed by atoms with Crippen LogP contribution in [0, 0.1) is 5.82 Å². The van der Waals surface area contributed by atoms with Gasteiger partial charge in [-0.15, -0.1) is 37.2 Å². The number of anilines is 1. The molecular weight excluding hydrogens is 529 g/mol. The number of carboxylic acids is 1. The number of ether oxygens (including phenoxy) is 1. The minimum absolute atomic E-state index is 0. The molecule has 1 saturated heterocycles. The molecule has 0 aromatic carbocycles. The Labute approximate surface area is 218 Å². The van der Waals surface area contributed by atoms with E-state index in [4.69, 9.17) is 10.5 Å². The zero-order valence-electron chi connectivity index (χ0n) is 18.3. The second-order valence-corrected chi connectivity index (χ2v) is 8.28. The summed E-state index contributed by atoms with van der Waals surface area (Å²) in [5, 5.41) is 13.4. The van der Waals surface area contributed by atoms with Gasteiger partial charge in [-0.05, 0) is 31.4 Å². The molecule has 4 heterocycles. The van der Waals surface area contributed by atoms with E-state index in [-0.39, 0.29) is 79.4 Å². The first kappa shape index (κ1) is 28.8. The van der Waals surface area contributed by atoms with Crippen LogP contribution in [0.15, 0.2) is 30.7 Å². The lowest BCUT2D eigenvalue weighted by Gasteiger charge is -2.27. The van der Waals surface area contributed by atoms with Gasteiger partial charge in [0, 0.05) is 24.2 Å². The van der Waals surface area contributed by atoms with Gasteiger partial charge in [0.05, 0.1) is 25.0 Å². The smallest absolute Gasteiger partial charge is 0.341 e. The fourth-order valence-corrected chi connectivity index (χ4v) is 4.52. The average molecular weight is 554 g/mol. The molecule has 0 amide bonds. The van der Waals surface area contributed by atoms with Gasteiger partial charge in [-0.2, -0.15) is 5.10 Å². The van der Waals surface area contributed by atoms with Crippen LogP contribution in [-0.2, 0) is 0 Å². The number of aromatic carboxylic acids is 1. The Hall–Kier alpha value is -2.47. The molecule has 5 rings (SSSR count). The topological polar surface area (TPSA) is 119 Å². The largest absolute Gasteiger partial charge is 0.477 e. The molecule has 14 heteroatoms. The van der Waals surface area contributed by atoms with Gasteiger partial charge in [-0.3, -0.25) is 0 Å². The Morgan fingerprint density at radius 2 is 1.97 bits per heavy atom. The SMILES string of the molecule is Cl.Cl.Cl.N[C@H]1CC[C@@H](Oc2ncc(F)cc2[C@H]2C[C@H](F)CN2c2ccn3ncc(C(=O)O)c3n2)C1. The number of alkyl halides is 1. The van der Waals surface area contributed by atoms with Crippen molar-refractivity contribution < 1.29 is 23.4 Å². The maximum absolute atomic E-state index is 14.6. The van der Waals surface area contributed by atoms with Gasteiger partial charge in [0.25, 0.3) is 0 Å². The number of fused-ring (bicyclic) bond motifs is 1. The number of hydrogen-bond donors (Lipinski definition) is 2. The number of pyridine rings is 1. The maximum Gasteiger partial charge on any atom is 0.341 e. The minimum atomic E-state index is -1.18. The summed E-state index contributed by atoms with van der Waals surface area (Å²) in [5.74, 6) is -1.09. The molecule has 3 aromatic heterocycles. The summed E-state index contributed by atoms with van der Waals surface area (Å²) in [6.45, 7) is 0.0225. The van der Waals surface area contributed by atoms with E-state index in [0.29, 0.717) is 17.8 Å². The van der Waals surface area contributed by atoms with Crippen molar-refractivity contribution in [2.24, 2.45) is 5.73 Å². The van der Waals surface area contributed by atoms with Crippen molar-refractivity contribution in [2.75, 3.05) is 11.4 Å². The third-order valence-electron chi connectivity index (χ3n) is 6.04. The molecule has 1 aliphatic heterocycles. The van der Waals surface area contributed by atoms with Crippen molar-refractivity contribution in [1.82, 2.24) is 19.6 Å². The summed E-state index contributed by atoms with van der Waals surface area (Å²) in [5.41, 5.74) is 6.49. The van der Waals surface area contributed by atoms with Crippen molar-refractivity contribution in [3.8, 4) is 5.88 Å². The van der Waals surface area contributed by atoms with Crippen LogP contribution < -0.4 is 15.4 Å². The van der Waals surface area contributed by atoms with Gasteiger partial charge in [0.15, 0.2) is 5.65 Å². The van der Waals surface area contributed by atoms with Crippen LogP contribution >= 0.6 is 37.2 Å². The maximum atomic E-state index is 14.6. The number of rotatable bonds is 5. The fraction of sp³-hybridized carbons (Fsp3) is 0.429. The van der Waals surface area contributed by atoms with Gasteiger partial charge in [0.2, 0.25) is 5.88 Å². The monoisotopic (exact) mass is 552 g/mol. The van der Waals surface area contributed by atoms with Crippen LogP contribution in [0.25, 0.3) is 5.65 Å². The Bertz CT molecular complexity index is 1190. The van der Waals surface area contributed by atoms with Gasteiger partial charge in [-0.25, -0.2) is 28.1 Å². The molecule has 35 heavy (non-hydrogen) atoms. The van der Waals surface area contributed by atoms with Crippen molar-refractivity contribution >= 4 is 54.7 Å². The van der Waals surface area contributed by atoms with E-state index < -0.39 is 24.0 Å². The van der Waals surface area contributed by atoms with Crippen LogP contribution in [0.1, 0.15) is 47.6 Å². The van der Waals surface area contributed by atoms with Gasteiger partial charge < -0.3 is 20.5 Å². The van der Waals surface area contributed by atoms with E-state index in [1.807, 2.05) is 0 Å².